The highest BCUT2D eigenvalue weighted by atomic mass is 35.5. The first-order chi connectivity index (χ1) is 5.24. The molecule has 0 spiro atoms. The lowest BCUT2D eigenvalue weighted by Gasteiger charge is -1.99. The summed E-state index contributed by atoms with van der Waals surface area (Å²) >= 11 is 5.70. The Bertz CT molecular complexity index is 261. The summed E-state index contributed by atoms with van der Waals surface area (Å²) in [6.07, 6.45) is 1.86. The lowest BCUT2D eigenvalue weighted by molar-refractivity contribution is 1.49. The monoisotopic (exact) mass is 167 g/mol. The van der Waals surface area contributed by atoms with Crippen LogP contribution in [-0.2, 0) is 0 Å². The van der Waals surface area contributed by atoms with E-state index in [0.717, 1.165) is 16.3 Å². The molecule has 0 aliphatic rings. The molecule has 1 aromatic rings. The molecule has 0 fully saturated rings. The summed E-state index contributed by atoms with van der Waals surface area (Å²) in [5, 5.41) is 0.734. The van der Waals surface area contributed by atoms with Gasteiger partial charge in [0, 0.05) is 10.7 Å². The predicted octanol–water partition coefficient (Wildman–Crippen LogP) is 2.66. The zero-order valence-electron chi connectivity index (χ0n) is 6.34. The normalized spacial score (nSPS) is 11.6. The third-order valence-corrected chi connectivity index (χ3v) is 1.74. The Labute approximate surface area is 71.5 Å². The predicted molar refractivity (Wildman–Crippen MR) is 49.3 cm³/mol. The first-order valence-electron chi connectivity index (χ1n) is 3.42. The van der Waals surface area contributed by atoms with Crippen molar-refractivity contribution in [1.29, 1.82) is 0 Å². The van der Waals surface area contributed by atoms with Crippen LogP contribution in [-0.4, -0.2) is 0 Å². The Kier molecular flexibility index (Phi) is 2.55. The van der Waals surface area contributed by atoms with Gasteiger partial charge in [-0.2, -0.15) is 0 Å². The smallest absolute Gasteiger partial charge is 0.0406 e. The number of rotatable bonds is 1. The molecule has 0 heterocycles. The van der Waals surface area contributed by atoms with E-state index in [1.165, 1.54) is 0 Å². The van der Waals surface area contributed by atoms with Crippen molar-refractivity contribution in [3.8, 4) is 0 Å². The van der Waals surface area contributed by atoms with E-state index in [-0.39, 0.29) is 0 Å². The Balaban J connectivity index is 2.99. The molecule has 0 saturated carbocycles. The average Bonchev–Trinajstić information content (AvgIpc) is 2.05. The molecule has 1 rings (SSSR count). The Morgan fingerprint density at radius 3 is 2.36 bits per heavy atom. The molecule has 0 saturated heterocycles. The summed E-state index contributed by atoms with van der Waals surface area (Å²) in [7, 11) is 0. The van der Waals surface area contributed by atoms with E-state index in [0.29, 0.717) is 0 Å². The summed E-state index contributed by atoms with van der Waals surface area (Å²) in [4.78, 5) is 0. The first kappa shape index (κ1) is 8.15. The van der Waals surface area contributed by atoms with Crippen LogP contribution in [0, 0.1) is 0 Å². The van der Waals surface area contributed by atoms with E-state index in [1.54, 1.807) is 0 Å². The van der Waals surface area contributed by atoms with Crippen LogP contribution in [0.1, 0.15) is 12.5 Å². The van der Waals surface area contributed by atoms with Crippen LogP contribution in [0.25, 0.3) is 5.70 Å². The van der Waals surface area contributed by atoms with Gasteiger partial charge in [0.1, 0.15) is 0 Å². The highest BCUT2D eigenvalue weighted by molar-refractivity contribution is 6.30. The molecule has 1 nitrogen and oxygen atoms in total. The Morgan fingerprint density at radius 2 is 1.91 bits per heavy atom. The highest BCUT2D eigenvalue weighted by Crippen LogP contribution is 2.13. The summed E-state index contributed by atoms with van der Waals surface area (Å²) < 4.78 is 0. The zero-order chi connectivity index (χ0) is 8.27. The van der Waals surface area contributed by atoms with Gasteiger partial charge in [-0.25, -0.2) is 0 Å². The van der Waals surface area contributed by atoms with Gasteiger partial charge in [0.05, 0.1) is 0 Å². The molecule has 0 aromatic heterocycles. The molecule has 0 aliphatic carbocycles. The van der Waals surface area contributed by atoms with Gasteiger partial charge >= 0.3 is 0 Å². The summed E-state index contributed by atoms with van der Waals surface area (Å²) in [5.74, 6) is 0. The third-order valence-electron chi connectivity index (χ3n) is 1.49. The highest BCUT2D eigenvalue weighted by Gasteiger charge is 1.93. The maximum atomic E-state index is 5.70. The molecule has 2 heteroatoms. The zero-order valence-corrected chi connectivity index (χ0v) is 7.10. The number of hydrogen-bond acceptors (Lipinski definition) is 1. The van der Waals surface area contributed by atoms with E-state index in [1.807, 2.05) is 37.3 Å². The van der Waals surface area contributed by atoms with E-state index >= 15 is 0 Å². The van der Waals surface area contributed by atoms with Crippen molar-refractivity contribution in [2.75, 3.05) is 0 Å². The minimum atomic E-state index is 0.734. The van der Waals surface area contributed by atoms with Crippen LogP contribution in [0.4, 0.5) is 0 Å². The van der Waals surface area contributed by atoms with Crippen LogP contribution in [0.3, 0.4) is 0 Å². The molecule has 0 amide bonds. The standard InChI is InChI=1S/C9H10ClN/c1-2-9(11)7-3-5-8(10)6-4-7/h2-6H,11H2,1H3. The maximum Gasteiger partial charge on any atom is 0.0406 e. The second kappa shape index (κ2) is 3.44. The van der Waals surface area contributed by atoms with Crippen LogP contribution in [0.15, 0.2) is 30.3 Å². The third kappa shape index (κ3) is 1.99. The number of nitrogens with two attached hydrogens (primary N) is 1. The lowest BCUT2D eigenvalue weighted by atomic mass is 10.1. The van der Waals surface area contributed by atoms with Crippen LogP contribution >= 0.6 is 11.6 Å². The molecule has 2 N–H and O–H groups in total. The molecular weight excluding hydrogens is 158 g/mol. The Hall–Kier alpha value is -0.950. The molecule has 0 aliphatic heterocycles. The van der Waals surface area contributed by atoms with Crippen molar-refractivity contribution in [3.63, 3.8) is 0 Å². The van der Waals surface area contributed by atoms with Gasteiger partial charge in [0.2, 0.25) is 0 Å². The second-order valence-corrected chi connectivity index (χ2v) is 2.69. The first-order valence-corrected chi connectivity index (χ1v) is 3.79. The fourth-order valence-corrected chi connectivity index (χ4v) is 0.935. The molecule has 0 unspecified atom stereocenters. The van der Waals surface area contributed by atoms with E-state index in [2.05, 4.69) is 0 Å². The minimum absolute atomic E-state index is 0.734. The fourth-order valence-electron chi connectivity index (χ4n) is 0.809. The molecule has 0 atom stereocenters. The maximum absolute atomic E-state index is 5.70. The molecule has 1 aromatic carbocycles. The van der Waals surface area contributed by atoms with E-state index < -0.39 is 0 Å². The van der Waals surface area contributed by atoms with Crippen molar-refractivity contribution in [3.05, 3.63) is 40.9 Å². The van der Waals surface area contributed by atoms with E-state index in [9.17, 15) is 0 Å². The van der Waals surface area contributed by atoms with Gasteiger partial charge in [0.25, 0.3) is 0 Å². The quantitative estimate of drug-likeness (QED) is 0.684. The van der Waals surface area contributed by atoms with E-state index in [4.69, 9.17) is 17.3 Å². The molecular formula is C9H10ClN. The van der Waals surface area contributed by atoms with Crippen molar-refractivity contribution in [2.24, 2.45) is 5.73 Å². The van der Waals surface area contributed by atoms with Gasteiger partial charge < -0.3 is 5.73 Å². The topological polar surface area (TPSA) is 26.0 Å². The number of allylic oxidation sites excluding steroid dienone is 1. The molecule has 0 radical (unpaired) electrons. The van der Waals surface area contributed by atoms with Crippen molar-refractivity contribution < 1.29 is 0 Å². The largest absolute Gasteiger partial charge is 0.399 e. The van der Waals surface area contributed by atoms with Crippen LogP contribution in [0.2, 0.25) is 5.02 Å². The molecule has 58 valence electrons. The van der Waals surface area contributed by atoms with Gasteiger partial charge in [-0.3, -0.25) is 0 Å². The number of halogens is 1. The lowest BCUT2D eigenvalue weighted by Crippen LogP contribution is -1.94. The Morgan fingerprint density at radius 1 is 1.36 bits per heavy atom. The van der Waals surface area contributed by atoms with Gasteiger partial charge in [-0.15, -0.1) is 0 Å². The van der Waals surface area contributed by atoms with Crippen molar-refractivity contribution in [2.45, 2.75) is 6.92 Å². The van der Waals surface area contributed by atoms with Gasteiger partial charge in [-0.1, -0.05) is 29.8 Å². The second-order valence-electron chi connectivity index (χ2n) is 2.25. The van der Waals surface area contributed by atoms with Crippen molar-refractivity contribution >= 4 is 17.3 Å². The minimum Gasteiger partial charge on any atom is -0.399 e. The van der Waals surface area contributed by atoms with Crippen molar-refractivity contribution in [1.82, 2.24) is 0 Å². The van der Waals surface area contributed by atoms with Crippen LogP contribution in [0.5, 0.6) is 0 Å². The molecule has 0 bridgehead atoms. The fraction of sp³-hybridized carbons (Fsp3) is 0.111. The molecule has 11 heavy (non-hydrogen) atoms. The van der Waals surface area contributed by atoms with Crippen LogP contribution < -0.4 is 5.73 Å². The average molecular weight is 168 g/mol. The van der Waals surface area contributed by atoms with Gasteiger partial charge in [0.15, 0.2) is 0 Å². The summed E-state index contributed by atoms with van der Waals surface area (Å²) in [6, 6.07) is 7.45. The summed E-state index contributed by atoms with van der Waals surface area (Å²) in [6.45, 7) is 1.91. The number of hydrogen-bond donors (Lipinski definition) is 1. The SMILES string of the molecule is CC=C(N)c1ccc(Cl)cc1. The number of benzene rings is 1. The summed E-state index contributed by atoms with van der Waals surface area (Å²) in [5.41, 5.74) is 7.45. The van der Waals surface area contributed by atoms with Gasteiger partial charge in [-0.05, 0) is 24.6 Å².